The molecule has 0 aliphatic heterocycles. The van der Waals surface area contributed by atoms with Crippen molar-refractivity contribution in [1.29, 1.82) is 0 Å². The minimum Gasteiger partial charge on any atom is -0.389 e. The van der Waals surface area contributed by atoms with Crippen LogP contribution in [0.4, 0.5) is 0 Å². The van der Waals surface area contributed by atoms with E-state index in [-0.39, 0.29) is 11.2 Å². The van der Waals surface area contributed by atoms with Gasteiger partial charge in [-0.15, -0.1) is 0 Å². The topological polar surface area (TPSA) is 37.3 Å². The van der Waals surface area contributed by atoms with E-state index in [1.54, 1.807) is 6.08 Å². The second-order valence-electron chi connectivity index (χ2n) is 12.2. The second kappa shape index (κ2) is 7.61. The van der Waals surface area contributed by atoms with Crippen molar-refractivity contribution in [1.82, 2.24) is 0 Å². The maximum absolute atomic E-state index is 12.2. The zero-order chi connectivity index (χ0) is 21.9. The quantitative estimate of drug-likeness (QED) is 0.508. The molecule has 0 radical (unpaired) electrons. The van der Waals surface area contributed by atoms with Crippen LogP contribution in [0.2, 0.25) is 0 Å². The van der Waals surface area contributed by atoms with E-state index in [9.17, 15) is 9.90 Å². The lowest BCUT2D eigenvalue weighted by Gasteiger charge is -2.63. The summed E-state index contributed by atoms with van der Waals surface area (Å²) >= 11 is 0. The molecule has 3 saturated carbocycles. The number of hydrogen-bond donors (Lipinski definition) is 1. The fraction of sp³-hybridized carbons (Fsp3) is 0.821. The highest BCUT2D eigenvalue weighted by Gasteiger charge is 2.66. The highest BCUT2D eigenvalue weighted by molar-refractivity contribution is 5.91. The predicted molar refractivity (Wildman–Crippen MR) is 124 cm³/mol. The van der Waals surface area contributed by atoms with Crippen LogP contribution in [0.15, 0.2) is 24.3 Å². The number of hydrogen-bond acceptors (Lipinski definition) is 2. The molecule has 0 aromatic heterocycles. The van der Waals surface area contributed by atoms with Crippen LogP contribution in [-0.4, -0.2) is 16.5 Å². The number of rotatable bonds is 5. The molecule has 0 saturated heterocycles. The first-order valence-electron chi connectivity index (χ1n) is 12.6. The van der Waals surface area contributed by atoms with E-state index < -0.39 is 5.60 Å². The van der Waals surface area contributed by atoms with E-state index in [0.717, 1.165) is 43.9 Å². The van der Waals surface area contributed by atoms with Crippen molar-refractivity contribution in [2.75, 3.05) is 0 Å². The van der Waals surface area contributed by atoms with Gasteiger partial charge < -0.3 is 5.11 Å². The van der Waals surface area contributed by atoms with Gasteiger partial charge in [-0.2, -0.15) is 0 Å². The van der Waals surface area contributed by atoms with Crippen molar-refractivity contribution in [3.05, 3.63) is 24.3 Å². The first-order valence-corrected chi connectivity index (χ1v) is 12.6. The third-order valence-electron chi connectivity index (χ3n) is 10.7. The molecule has 4 rings (SSSR count). The Morgan fingerprint density at radius 2 is 1.83 bits per heavy atom. The average molecular weight is 413 g/mol. The Balaban J connectivity index is 1.54. The zero-order valence-electron chi connectivity index (χ0n) is 20.0. The summed E-state index contributed by atoms with van der Waals surface area (Å²) in [6.45, 7) is 16.1. The molecule has 0 aromatic carbocycles. The van der Waals surface area contributed by atoms with Gasteiger partial charge in [0.25, 0.3) is 0 Å². The smallest absolute Gasteiger partial charge is 0.155 e. The van der Waals surface area contributed by atoms with Crippen molar-refractivity contribution in [2.24, 2.45) is 46.3 Å². The van der Waals surface area contributed by atoms with Crippen molar-refractivity contribution in [2.45, 2.75) is 98.0 Å². The van der Waals surface area contributed by atoms with Crippen LogP contribution in [0.1, 0.15) is 92.4 Å². The number of carbonyl (C=O) groups is 1. The lowest BCUT2D eigenvalue weighted by molar-refractivity contribution is -0.212. The van der Waals surface area contributed by atoms with E-state index in [2.05, 4.69) is 47.3 Å². The Kier molecular flexibility index (Phi) is 5.66. The van der Waals surface area contributed by atoms with Gasteiger partial charge in [0.2, 0.25) is 0 Å². The molecule has 2 heteroatoms. The molecule has 0 bridgehead atoms. The number of carbonyl (C=O) groups excluding carboxylic acids is 1. The molecule has 1 N–H and O–H groups in total. The Morgan fingerprint density at radius 1 is 1.13 bits per heavy atom. The van der Waals surface area contributed by atoms with Crippen molar-refractivity contribution in [3.8, 4) is 0 Å². The fourth-order valence-corrected chi connectivity index (χ4v) is 8.45. The van der Waals surface area contributed by atoms with Crippen LogP contribution in [0.25, 0.3) is 0 Å². The van der Waals surface area contributed by atoms with Gasteiger partial charge in [0.15, 0.2) is 5.78 Å². The van der Waals surface area contributed by atoms with Gasteiger partial charge in [-0.25, -0.2) is 0 Å². The fourth-order valence-electron chi connectivity index (χ4n) is 8.45. The lowest BCUT2D eigenvalue weighted by Crippen LogP contribution is -2.64. The highest BCUT2D eigenvalue weighted by Crippen LogP contribution is 2.69. The molecule has 0 heterocycles. The summed E-state index contributed by atoms with van der Waals surface area (Å²) in [5.41, 5.74) is 0.877. The zero-order valence-corrected chi connectivity index (χ0v) is 20.0. The first-order chi connectivity index (χ1) is 14.0. The number of fused-ring (bicyclic) bond motifs is 5. The molecular weight excluding hydrogens is 368 g/mol. The Hall–Kier alpha value is -0.890. The Labute approximate surface area is 184 Å². The number of aliphatic hydroxyl groups is 1. The third kappa shape index (κ3) is 3.19. The van der Waals surface area contributed by atoms with Crippen LogP contribution < -0.4 is 0 Å². The van der Waals surface area contributed by atoms with Gasteiger partial charge in [0.05, 0.1) is 5.60 Å². The van der Waals surface area contributed by atoms with Gasteiger partial charge in [0, 0.05) is 11.8 Å². The van der Waals surface area contributed by atoms with Crippen molar-refractivity contribution >= 4 is 5.78 Å². The maximum Gasteiger partial charge on any atom is 0.155 e. The monoisotopic (exact) mass is 412 g/mol. The summed E-state index contributed by atoms with van der Waals surface area (Å²) in [5.74, 6) is 3.65. The molecule has 8 atom stereocenters. The molecule has 0 unspecified atom stereocenters. The lowest BCUT2D eigenvalue weighted by atomic mass is 9.43. The molecular formula is C28H44O2. The molecule has 2 nitrogen and oxygen atoms in total. The summed E-state index contributed by atoms with van der Waals surface area (Å²) in [7, 11) is 0. The van der Waals surface area contributed by atoms with Gasteiger partial charge in [0.1, 0.15) is 0 Å². The van der Waals surface area contributed by atoms with E-state index in [4.69, 9.17) is 0 Å². The normalized spacial score (nSPS) is 46.3. The van der Waals surface area contributed by atoms with E-state index in [1.165, 1.54) is 24.8 Å². The summed E-state index contributed by atoms with van der Waals surface area (Å²) in [6, 6.07) is 0. The van der Waals surface area contributed by atoms with Gasteiger partial charge in [-0.1, -0.05) is 52.8 Å². The minimum atomic E-state index is -0.638. The molecule has 168 valence electrons. The van der Waals surface area contributed by atoms with Gasteiger partial charge in [-0.3, -0.25) is 4.79 Å². The number of ketones is 1. The van der Waals surface area contributed by atoms with Gasteiger partial charge >= 0.3 is 0 Å². The number of allylic oxidation sites excluding steroid dienone is 2. The SMILES string of the molecule is C=C(CC[C@@H](C)[C@H]1CC[C@H]2[C@@H]3CC[C@H]4CC(=O)C=C[C@]4(C)[C@@]3(O)CC[C@]12C)C(C)C. The van der Waals surface area contributed by atoms with Crippen LogP contribution >= 0.6 is 0 Å². The Morgan fingerprint density at radius 3 is 2.53 bits per heavy atom. The average Bonchev–Trinajstić information content (AvgIpc) is 3.04. The van der Waals surface area contributed by atoms with Crippen LogP contribution in [0, 0.1) is 46.3 Å². The molecule has 4 aliphatic carbocycles. The van der Waals surface area contributed by atoms with Crippen molar-refractivity contribution in [3.63, 3.8) is 0 Å². The van der Waals surface area contributed by atoms with E-state index in [1.807, 2.05) is 0 Å². The molecule has 30 heavy (non-hydrogen) atoms. The Bertz CT molecular complexity index is 735. The largest absolute Gasteiger partial charge is 0.389 e. The second-order valence-corrected chi connectivity index (χ2v) is 12.2. The molecule has 0 spiro atoms. The van der Waals surface area contributed by atoms with Crippen LogP contribution in [-0.2, 0) is 4.79 Å². The molecule has 0 amide bonds. The minimum absolute atomic E-state index is 0.232. The third-order valence-corrected chi connectivity index (χ3v) is 10.7. The van der Waals surface area contributed by atoms with E-state index in [0.29, 0.717) is 35.5 Å². The van der Waals surface area contributed by atoms with Gasteiger partial charge in [-0.05, 0) is 98.4 Å². The van der Waals surface area contributed by atoms with Crippen LogP contribution in [0.5, 0.6) is 0 Å². The first kappa shape index (κ1) is 22.3. The van der Waals surface area contributed by atoms with Crippen molar-refractivity contribution < 1.29 is 9.90 Å². The molecule has 3 fully saturated rings. The summed E-state index contributed by atoms with van der Waals surface area (Å²) in [6.07, 6.45) is 13.7. The summed E-state index contributed by atoms with van der Waals surface area (Å²) < 4.78 is 0. The predicted octanol–water partition coefficient (Wildman–Crippen LogP) is 6.73. The standard InChI is InChI=1S/C28H44O2/c1-18(2)19(3)7-8-20(4)23-11-12-24-25-10-9-21-17-22(29)13-14-27(21,6)28(25,30)16-15-26(23,24)5/h13-14,18,20-21,23-25,30H,3,7-12,15-17H2,1-2,4-6H3/t20-,21+,23-,24+,25+,26-,27+,28-/m1/s1. The highest BCUT2D eigenvalue weighted by atomic mass is 16.3. The summed E-state index contributed by atoms with van der Waals surface area (Å²) in [4.78, 5) is 12.1. The van der Waals surface area contributed by atoms with E-state index >= 15 is 0 Å². The summed E-state index contributed by atoms with van der Waals surface area (Å²) in [5, 5.41) is 12.2. The maximum atomic E-state index is 12.2. The molecule has 0 aromatic rings. The molecule has 4 aliphatic rings. The van der Waals surface area contributed by atoms with Crippen LogP contribution in [0.3, 0.4) is 0 Å².